The highest BCUT2D eigenvalue weighted by atomic mass is 16.5. The van der Waals surface area contributed by atoms with Crippen LogP contribution in [-0.4, -0.2) is 29.6 Å². The van der Waals surface area contributed by atoms with Crippen LogP contribution in [0, 0.1) is 6.92 Å². The molecule has 0 bridgehead atoms. The Labute approximate surface area is 169 Å². The molecule has 0 saturated heterocycles. The molecule has 0 N–H and O–H groups in total. The number of carbonyl (C=O) groups is 1. The Kier molecular flexibility index (Phi) is 5.04. The van der Waals surface area contributed by atoms with Crippen LogP contribution in [0.5, 0.6) is 5.75 Å². The van der Waals surface area contributed by atoms with Gasteiger partial charge in [-0.05, 0) is 42.3 Å². The van der Waals surface area contributed by atoms with Crippen LogP contribution in [0.3, 0.4) is 0 Å². The zero-order valence-electron chi connectivity index (χ0n) is 16.7. The van der Waals surface area contributed by atoms with Crippen molar-refractivity contribution in [3.63, 3.8) is 0 Å². The lowest BCUT2D eigenvalue weighted by molar-refractivity contribution is 0.0600. The zero-order valence-corrected chi connectivity index (χ0v) is 16.7. The van der Waals surface area contributed by atoms with Crippen LogP contribution in [0.1, 0.15) is 27.2 Å². The number of benzene rings is 2. The van der Waals surface area contributed by atoms with Crippen LogP contribution in [-0.2, 0) is 11.2 Å². The molecule has 0 saturated carbocycles. The summed E-state index contributed by atoms with van der Waals surface area (Å²) in [5, 5.41) is 0. The Hall–Kier alpha value is -3.60. The molecule has 0 aliphatic heterocycles. The van der Waals surface area contributed by atoms with Crippen LogP contribution in [0.4, 0.5) is 0 Å². The molecule has 0 spiro atoms. The second-order valence-corrected chi connectivity index (χ2v) is 6.88. The smallest absolute Gasteiger partial charge is 0.339 e. The number of nitrogens with zero attached hydrogens (tertiary/aromatic N) is 2. The summed E-state index contributed by atoms with van der Waals surface area (Å²) in [4.78, 5) is 16.9. The van der Waals surface area contributed by atoms with E-state index >= 15 is 0 Å². The minimum atomic E-state index is -0.367. The van der Waals surface area contributed by atoms with E-state index < -0.39 is 0 Å². The normalized spacial score (nSPS) is 10.9. The van der Waals surface area contributed by atoms with E-state index in [1.165, 1.54) is 12.7 Å². The Morgan fingerprint density at radius 1 is 1.03 bits per heavy atom. The van der Waals surface area contributed by atoms with E-state index in [4.69, 9.17) is 14.5 Å². The van der Waals surface area contributed by atoms with Crippen LogP contribution in [0.25, 0.3) is 16.9 Å². The van der Waals surface area contributed by atoms with Crippen molar-refractivity contribution < 1.29 is 14.3 Å². The maximum Gasteiger partial charge on any atom is 0.339 e. The molecule has 0 amide bonds. The molecule has 5 nitrogen and oxygen atoms in total. The van der Waals surface area contributed by atoms with Crippen molar-refractivity contribution >= 4 is 11.6 Å². The van der Waals surface area contributed by atoms with Crippen molar-refractivity contribution in [2.45, 2.75) is 13.3 Å². The van der Waals surface area contributed by atoms with E-state index in [1.807, 2.05) is 52.9 Å². The lowest BCUT2D eigenvalue weighted by Crippen LogP contribution is -2.05. The molecular formula is C24H22N2O3. The molecule has 0 fully saturated rings. The molecule has 146 valence electrons. The highest BCUT2D eigenvalue weighted by molar-refractivity contribution is 5.89. The lowest BCUT2D eigenvalue weighted by atomic mass is 10.0. The molecule has 0 radical (unpaired) electrons. The average molecular weight is 386 g/mol. The average Bonchev–Trinajstić information content (AvgIpc) is 3.12. The SMILES string of the molecule is COC(=O)c1ccc2nc(-c3ccccc3)c(Cc3ccc(OC)cc3C)n2c1. The molecule has 0 aliphatic carbocycles. The van der Waals surface area contributed by atoms with Gasteiger partial charge in [0.25, 0.3) is 0 Å². The summed E-state index contributed by atoms with van der Waals surface area (Å²) < 4.78 is 12.2. The van der Waals surface area contributed by atoms with E-state index in [0.29, 0.717) is 12.0 Å². The van der Waals surface area contributed by atoms with Gasteiger partial charge in [0, 0.05) is 18.2 Å². The Balaban J connectivity index is 1.89. The molecule has 4 aromatic rings. The van der Waals surface area contributed by atoms with Gasteiger partial charge in [-0.3, -0.25) is 0 Å². The second kappa shape index (κ2) is 7.80. The van der Waals surface area contributed by atoms with Gasteiger partial charge in [-0.15, -0.1) is 0 Å². The first-order chi connectivity index (χ1) is 14.1. The van der Waals surface area contributed by atoms with Gasteiger partial charge in [0.15, 0.2) is 0 Å². The first-order valence-corrected chi connectivity index (χ1v) is 9.39. The largest absolute Gasteiger partial charge is 0.497 e. The summed E-state index contributed by atoms with van der Waals surface area (Å²) in [5.41, 5.74) is 6.56. The Bertz CT molecular complexity index is 1180. The van der Waals surface area contributed by atoms with Gasteiger partial charge in [-0.2, -0.15) is 0 Å². The minimum Gasteiger partial charge on any atom is -0.497 e. The van der Waals surface area contributed by atoms with Crippen molar-refractivity contribution in [2.24, 2.45) is 0 Å². The third-order valence-corrected chi connectivity index (χ3v) is 5.09. The molecule has 2 aromatic carbocycles. The highest BCUT2D eigenvalue weighted by Gasteiger charge is 2.17. The van der Waals surface area contributed by atoms with Crippen LogP contribution < -0.4 is 4.74 Å². The van der Waals surface area contributed by atoms with E-state index in [1.54, 1.807) is 19.4 Å². The standard InChI is InChI=1S/C24H22N2O3/c1-16-13-20(28-2)11-9-18(16)14-21-23(17-7-5-4-6-8-17)25-22-12-10-19(15-26(21)22)24(27)29-3/h4-13,15H,14H2,1-3H3. The number of pyridine rings is 1. The summed E-state index contributed by atoms with van der Waals surface area (Å²) in [6.07, 6.45) is 2.47. The molecule has 4 rings (SSSR count). The monoisotopic (exact) mass is 386 g/mol. The van der Waals surface area contributed by atoms with Gasteiger partial charge < -0.3 is 13.9 Å². The minimum absolute atomic E-state index is 0.367. The third-order valence-electron chi connectivity index (χ3n) is 5.09. The fourth-order valence-electron chi connectivity index (χ4n) is 3.50. The van der Waals surface area contributed by atoms with Crippen molar-refractivity contribution in [2.75, 3.05) is 14.2 Å². The first-order valence-electron chi connectivity index (χ1n) is 9.39. The highest BCUT2D eigenvalue weighted by Crippen LogP contribution is 2.28. The number of esters is 1. The molecule has 2 heterocycles. The first kappa shape index (κ1) is 18.7. The molecule has 0 unspecified atom stereocenters. The maximum atomic E-state index is 12.1. The summed E-state index contributed by atoms with van der Waals surface area (Å²) in [5.74, 6) is 0.467. The maximum absolute atomic E-state index is 12.1. The van der Waals surface area contributed by atoms with E-state index in [-0.39, 0.29) is 5.97 Å². The zero-order chi connectivity index (χ0) is 20.4. The molecule has 0 aliphatic rings. The number of hydrogen-bond acceptors (Lipinski definition) is 4. The topological polar surface area (TPSA) is 52.8 Å². The number of aromatic nitrogens is 2. The Morgan fingerprint density at radius 2 is 1.83 bits per heavy atom. The van der Waals surface area contributed by atoms with Gasteiger partial charge in [0.2, 0.25) is 0 Å². The summed E-state index contributed by atoms with van der Waals surface area (Å²) in [7, 11) is 3.05. The molecular weight excluding hydrogens is 364 g/mol. The predicted molar refractivity (Wildman–Crippen MR) is 113 cm³/mol. The van der Waals surface area contributed by atoms with Gasteiger partial charge in [-0.1, -0.05) is 36.4 Å². The Morgan fingerprint density at radius 3 is 2.52 bits per heavy atom. The van der Waals surface area contributed by atoms with Crippen molar-refractivity contribution in [1.29, 1.82) is 0 Å². The van der Waals surface area contributed by atoms with Gasteiger partial charge in [0.1, 0.15) is 11.4 Å². The van der Waals surface area contributed by atoms with Crippen LogP contribution >= 0.6 is 0 Å². The number of ether oxygens (including phenoxy) is 2. The second-order valence-electron chi connectivity index (χ2n) is 6.88. The fraction of sp³-hybridized carbons (Fsp3) is 0.167. The van der Waals surface area contributed by atoms with Gasteiger partial charge in [0.05, 0.1) is 31.2 Å². The molecule has 0 atom stereocenters. The number of rotatable bonds is 5. The number of fused-ring (bicyclic) bond motifs is 1. The van der Waals surface area contributed by atoms with Gasteiger partial charge >= 0.3 is 5.97 Å². The van der Waals surface area contributed by atoms with Crippen molar-refractivity contribution in [3.8, 4) is 17.0 Å². The van der Waals surface area contributed by atoms with Crippen molar-refractivity contribution in [3.05, 3.63) is 89.2 Å². The third kappa shape index (κ3) is 3.59. The number of hydrogen-bond donors (Lipinski definition) is 0. The van der Waals surface area contributed by atoms with Gasteiger partial charge in [-0.25, -0.2) is 9.78 Å². The lowest BCUT2D eigenvalue weighted by Gasteiger charge is -2.10. The van der Waals surface area contributed by atoms with E-state index in [9.17, 15) is 4.79 Å². The number of carbonyl (C=O) groups excluding carboxylic acids is 1. The van der Waals surface area contributed by atoms with Crippen LogP contribution in [0.15, 0.2) is 66.9 Å². The fourth-order valence-corrected chi connectivity index (χ4v) is 3.50. The molecule has 29 heavy (non-hydrogen) atoms. The quantitative estimate of drug-likeness (QED) is 0.467. The summed E-state index contributed by atoms with van der Waals surface area (Å²) in [6, 6.07) is 19.8. The van der Waals surface area contributed by atoms with E-state index in [0.717, 1.165) is 33.9 Å². The summed E-state index contributed by atoms with van der Waals surface area (Å²) in [6.45, 7) is 2.07. The molecule has 5 heteroatoms. The van der Waals surface area contributed by atoms with Crippen molar-refractivity contribution in [1.82, 2.24) is 9.38 Å². The number of methoxy groups -OCH3 is 2. The summed E-state index contributed by atoms with van der Waals surface area (Å²) >= 11 is 0. The number of aryl methyl sites for hydroxylation is 1. The molecule has 2 aromatic heterocycles. The number of imidazole rings is 1. The van der Waals surface area contributed by atoms with Crippen LogP contribution in [0.2, 0.25) is 0 Å². The van der Waals surface area contributed by atoms with E-state index in [2.05, 4.69) is 13.0 Å². The predicted octanol–water partition coefficient (Wildman–Crippen LogP) is 4.70.